The first-order chi connectivity index (χ1) is 12.9. The lowest BCUT2D eigenvalue weighted by Gasteiger charge is -2.10. The Morgan fingerprint density at radius 2 is 1.89 bits per heavy atom. The van der Waals surface area contributed by atoms with Gasteiger partial charge in [0.2, 0.25) is 0 Å². The summed E-state index contributed by atoms with van der Waals surface area (Å²) in [6, 6.07) is 12.1. The summed E-state index contributed by atoms with van der Waals surface area (Å²) >= 11 is 1.20. The van der Waals surface area contributed by atoms with Crippen LogP contribution in [-0.4, -0.2) is 24.8 Å². The number of ether oxygens (including phenoxy) is 2. The number of nitrogens with zero attached hydrogens (tertiary/aromatic N) is 1. The van der Waals surface area contributed by atoms with Gasteiger partial charge in [-0.2, -0.15) is 8.78 Å². The van der Waals surface area contributed by atoms with Gasteiger partial charge in [-0.25, -0.2) is 4.99 Å². The minimum absolute atomic E-state index is 0.0696. The summed E-state index contributed by atoms with van der Waals surface area (Å²) in [4.78, 5) is 17.0. The van der Waals surface area contributed by atoms with E-state index in [2.05, 4.69) is 15.0 Å². The maximum absolute atomic E-state index is 12.4. The number of aryl methyl sites for hydroxylation is 1. The average molecular weight is 390 g/mol. The summed E-state index contributed by atoms with van der Waals surface area (Å²) in [6.07, 6.45) is 1.63. The van der Waals surface area contributed by atoms with Crippen molar-refractivity contribution in [2.75, 3.05) is 7.11 Å². The van der Waals surface area contributed by atoms with Crippen LogP contribution in [0.15, 0.2) is 52.4 Å². The van der Waals surface area contributed by atoms with E-state index < -0.39 is 6.61 Å². The topological polar surface area (TPSA) is 59.9 Å². The predicted octanol–water partition coefficient (Wildman–Crippen LogP) is 4.50. The molecule has 2 aromatic carbocycles. The lowest BCUT2D eigenvalue weighted by atomic mass is 10.2. The van der Waals surface area contributed by atoms with Crippen molar-refractivity contribution in [3.8, 4) is 11.5 Å². The fourth-order valence-electron chi connectivity index (χ4n) is 2.34. The largest absolute Gasteiger partial charge is 0.493 e. The standard InChI is InChI=1S/C19H16F2N2O3S/c1-11-3-6-13(7-4-11)22-19-23-17(24)16(27-19)10-12-5-8-14(26-18(20)21)15(9-12)25-2/h3-10,18H,1-2H3,(H,22,23,24)/b16-10-. The number of amidine groups is 1. The molecule has 0 aromatic heterocycles. The molecule has 0 saturated carbocycles. The number of carbonyl (C=O) groups excluding carboxylic acids is 1. The molecule has 0 unspecified atom stereocenters. The zero-order valence-corrected chi connectivity index (χ0v) is 15.3. The Morgan fingerprint density at radius 1 is 1.15 bits per heavy atom. The first kappa shape index (κ1) is 18.9. The molecule has 0 aliphatic carbocycles. The second kappa shape index (κ2) is 8.22. The zero-order valence-electron chi connectivity index (χ0n) is 14.5. The molecular formula is C19H16F2N2O3S. The quantitative estimate of drug-likeness (QED) is 0.764. The Kier molecular flexibility index (Phi) is 5.75. The maximum Gasteiger partial charge on any atom is 0.387 e. The first-order valence-corrected chi connectivity index (χ1v) is 8.75. The minimum Gasteiger partial charge on any atom is -0.493 e. The highest BCUT2D eigenvalue weighted by Crippen LogP contribution is 2.33. The number of alkyl halides is 2. The molecule has 0 bridgehead atoms. The van der Waals surface area contributed by atoms with Gasteiger partial charge in [-0.3, -0.25) is 4.79 Å². The summed E-state index contributed by atoms with van der Waals surface area (Å²) in [5.41, 5.74) is 2.47. The summed E-state index contributed by atoms with van der Waals surface area (Å²) in [5.74, 6) is -0.195. The molecule has 27 heavy (non-hydrogen) atoms. The van der Waals surface area contributed by atoms with Crippen LogP contribution in [0.3, 0.4) is 0 Å². The van der Waals surface area contributed by atoms with Gasteiger partial charge >= 0.3 is 6.61 Å². The van der Waals surface area contributed by atoms with Crippen molar-refractivity contribution in [2.45, 2.75) is 13.5 Å². The molecule has 1 heterocycles. The lowest BCUT2D eigenvalue weighted by Crippen LogP contribution is -2.19. The first-order valence-electron chi connectivity index (χ1n) is 7.93. The summed E-state index contributed by atoms with van der Waals surface area (Å²) in [6.45, 7) is -0.963. The smallest absolute Gasteiger partial charge is 0.387 e. The van der Waals surface area contributed by atoms with E-state index in [-0.39, 0.29) is 17.4 Å². The van der Waals surface area contributed by atoms with Gasteiger partial charge in [0.1, 0.15) is 0 Å². The van der Waals surface area contributed by atoms with Crippen molar-refractivity contribution in [1.29, 1.82) is 0 Å². The van der Waals surface area contributed by atoms with Gasteiger partial charge in [0.15, 0.2) is 16.7 Å². The van der Waals surface area contributed by atoms with Crippen molar-refractivity contribution in [3.63, 3.8) is 0 Å². The number of halogens is 2. The molecule has 0 spiro atoms. The van der Waals surface area contributed by atoms with Crippen LogP contribution in [0.25, 0.3) is 6.08 Å². The predicted molar refractivity (Wildman–Crippen MR) is 102 cm³/mol. The molecule has 1 aliphatic rings. The van der Waals surface area contributed by atoms with E-state index in [9.17, 15) is 13.6 Å². The summed E-state index contributed by atoms with van der Waals surface area (Å²) in [5, 5.41) is 3.18. The van der Waals surface area contributed by atoms with Gasteiger partial charge in [0, 0.05) is 0 Å². The molecule has 3 rings (SSSR count). The fourth-order valence-corrected chi connectivity index (χ4v) is 3.18. The van der Waals surface area contributed by atoms with E-state index in [4.69, 9.17) is 4.74 Å². The number of thioether (sulfide) groups is 1. The van der Waals surface area contributed by atoms with E-state index in [0.717, 1.165) is 11.3 Å². The molecule has 1 fully saturated rings. The van der Waals surface area contributed by atoms with Gasteiger partial charge in [-0.05, 0) is 54.6 Å². The number of aliphatic imine (C=N–C) groups is 1. The number of rotatable bonds is 5. The molecule has 140 valence electrons. The Bertz CT molecular complexity index is 912. The molecule has 5 nitrogen and oxygen atoms in total. The number of carbonyl (C=O) groups is 1. The van der Waals surface area contributed by atoms with E-state index >= 15 is 0 Å². The van der Waals surface area contributed by atoms with Crippen LogP contribution in [0.1, 0.15) is 11.1 Å². The summed E-state index contributed by atoms with van der Waals surface area (Å²) < 4.78 is 34.3. The van der Waals surface area contributed by atoms with E-state index in [1.165, 1.54) is 31.0 Å². The van der Waals surface area contributed by atoms with Crippen LogP contribution in [0.2, 0.25) is 0 Å². The molecule has 0 radical (unpaired) electrons. The number of methoxy groups -OCH3 is 1. The molecule has 0 atom stereocenters. The third-order valence-corrected chi connectivity index (χ3v) is 4.53. The van der Waals surface area contributed by atoms with Gasteiger partial charge in [0.25, 0.3) is 5.91 Å². The second-order valence-corrected chi connectivity index (χ2v) is 6.64. The monoisotopic (exact) mass is 390 g/mol. The number of benzene rings is 2. The molecule has 1 amide bonds. The number of hydrogen-bond donors (Lipinski definition) is 1. The maximum atomic E-state index is 12.4. The third kappa shape index (κ3) is 4.85. The number of hydrogen-bond acceptors (Lipinski definition) is 5. The van der Waals surface area contributed by atoms with Gasteiger partial charge in [-0.1, -0.05) is 23.8 Å². The normalized spacial score (nSPS) is 16.9. The van der Waals surface area contributed by atoms with Crippen molar-refractivity contribution in [1.82, 2.24) is 5.32 Å². The Balaban J connectivity index is 1.81. The molecular weight excluding hydrogens is 374 g/mol. The highest BCUT2D eigenvalue weighted by molar-refractivity contribution is 8.18. The van der Waals surface area contributed by atoms with Crippen molar-refractivity contribution in [2.24, 2.45) is 4.99 Å². The number of nitrogens with one attached hydrogen (secondary N) is 1. The molecule has 1 aliphatic heterocycles. The van der Waals surface area contributed by atoms with Gasteiger partial charge < -0.3 is 14.8 Å². The van der Waals surface area contributed by atoms with E-state index in [0.29, 0.717) is 15.6 Å². The van der Waals surface area contributed by atoms with Crippen molar-refractivity contribution in [3.05, 3.63) is 58.5 Å². The average Bonchev–Trinajstić information content (AvgIpc) is 2.97. The van der Waals surface area contributed by atoms with Gasteiger partial charge in [-0.15, -0.1) is 0 Å². The fraction of sp³-hybridized carbons (Fsp3) is 0.158. The minimum atomic E-state index is -2.94. The van der Waals surface area contributed by atoms with Crippen LogP contribution in [0.4, 0.5) is 14.5 Å². The Labute approximate surface area is 159 Å². The Hall–Kier alpha value is -2.87. The van der Waals surface area contributed by atoms with Crippen LogP contribution in [0.5, 0.6) is 11.5 Å². The molecule has 1 saturated heterocycles. The van der Waals surface area contributed by atoms with E-state index in [1.54, 1.807) is 12.1 Å². The second-order valence-electron chi connectivity index (χ2n) is 5.61. The van der Waals surface area contributed by atoms with Crippen LogP contribution >= 0.6 is 11.8 Å². The van der Waals surface area contributed by atoms with Gasteiger partial charge in [0.05, 0.1) is 17.7 Å². The van der Waals surface area contributed by atoms with E-state index in [1.807, 2.05) is 31.2 Å². The SMILES string of the molecule is COc1cc(/C=C2\SC(=Nc3ccc(C)cc3)NC2=O)ccc1OC(F)F. The van der Waals surface area contributed by atoms with Crippen LogP contribution < -0.4 is 14.8 Å². The van der Waals surface area contributed by atoms with Crippen LogP contribution in [0, 0.1) is 6.92 Å². The lowest BCUT2D eigenvalue weighted by molar-refractivity contribution is -0.115. The van der Waals surface area contributed by atoms with Crippen molar-refractivity contribution < 1.29 is 23.0 Å². The molecule has 2 aromatic rings. The third-order valence-electron chi connectivity index (χ3n) is 3.62. The van der Waals surface area contributed by atoms with Crippen molar-refractivity contribution >= 4 is 34.6 Å². The van der Waals surface area contributed by atoms with Crippen LogP contribution in [-0.2, 0) is 4.79 Å². The molecule has 1 N–H and O–H groups in total. The number of amides is 1. The highest BCUT2D eigenvalue weighted by Gasteiger charge is 2.24. The molecule has 8 heteroatoms. The summed E-state index contributed by atoms with van der Waals surface area (Å²) in [7, 11) is 1.36. The zero-order chi connectivity index (χ0) is 19.4. The Morgan fingerprint density at radius 3 is 2.56 bits per heavy atom. The highest BCUT2D eigenvalue weighted by atomic mass is 32.2.